The van der Waals surface area contributed by atoms with E-state index in [0.717, 1.165) is 0 Å². The molecule has 16 nitrogen and oxygen atoms in total. The lowest BCUT2D eigenvalue weighted by Crippen LogP contribution is -2.61. The summed E-state index contributed by atoms with van der Waals surface area (Å²) in [6, 6.07) is 0. The van der Waals surface area contributed by atoms with Gasteiger partial charge in [-0.25, -0.2) is 0 Å². The standard InChI is InChI=1S/2C21H38N2O6/c2*1-18(2)10-14(11-19(3,4)22(18)26)28-16(24)9-17(25)29-15-12-20(5,6)23(27)21(7,8)13-15/h2*14-15,26-27H,9-13H2,1-8H3. The van der Waals surface area contributed by atoms with E-state index in [-0.39, 0.29) is 24.4 Å². The predicted molar refractivity (Wildman–Crippen MR) is 213 cm³/mol. The molecule has 4 aliphatic heterocycles. The first-order chi connectivity index (χ1) is 25.9. The van der Waals surface area contributed by atoms with Gasteiger partial charge in [0, 0.05) is 95.7 Å². The zero-order chi connectivity index (χ0) is 44.8. The third kappa shape index (κ3) is 12.3. The molecule has 0 amide bonds. The Morgan fingerprint density at radius 1 is 0.345 bits per heavy atom. The highest BCUT2D eigenvalue weighted by Crippen LogP contribution is 2.41. The van der Waals surface area contributed by atoms with Crippen LogP contribution in [-0.4, -0.2) is 134 Å². The van der Waals surface area contributed by atoms with Crippen molar-refractivity contribution in [1.29, 1.82) is 0 Å². The molecule has 4 saturated heterocycles. The topological polar surface area (TPSA) is 199 Å². The molecule has 4 fully saturated rings. The van der Waals surface area contributed by atoms with Crippen molar-refractivity contribution in [3.63, 3.8) is 0 Å². The monoisotopic (exact) mass is 829 g/mol. The normalized spacial score (nSPS) is 27.4. The molecule has 0 aromatic carbocycles. The number of nitrogens with zero attached hydrogens (tertiary/aromatic N) is 4. The van der Waals surface area contributed by atoms with Crippen LogP contribution in [0.15, 0.2) is 0 Å². The molecule has 4 heterocycles. The number of ether oxygens (including phenoxy) is 4. The van der Waals surface area contributed by atoms with Gasteiger partial charge in [-0.15, -0.1) is 0 Å². The van der Waals surface area contributed by atoms with E-state index in [1.807, 2.05) is 111 Å². The Bertz CT molecular complexity index is 1220. The Morgan fingerprint density at radius 3 is 0.586 bits per heavy atom. The maximum atomic E-state index is 12.3. The Hall–Kier alpha value is -2.44. The molecule has 336 valence electrons. The van der Waals surface area contributed by atoms with Crippen LogP contribution in [0.1, 0.15) is 175 Å². The zero-order valence-corrected chi connectivity index (χ0v) is 38.2. The molecule has 4 rings (SSSR count). The number of rotatable bonds is 8. The highest BCUT2D eigenvalue weighted by molar-refractivity contribution is 5.91. The number of hydrogen-bond acceptors (Lipinski definition) is 16. The second-order valence-corrected chi connectivity index (χ2v) is 22.2. The average Bonchev–Trinajstić information content (AvgIpc) is 2.99. The van der Waals surface area contributed by atoms with Crippen molar-refractivity contribution in [1.82, 2.24) is 20.3 Å². The summed E-state index contributed by atoms with van der Waals surface area (Å²) < 4.78 is 22.2. The summed E-state index contributed by atoms with van der Waals surface area (Å²) >= 11 is 0. The first-order valence-corrected chi connectivity index (χ1v) is 20.7. The molecule has 0 aliphatic carbocycles. The smallest absolute Gasteiger partial charge is 0.317 e. The number of carbonyl (C=O) groups excluding carboxylic acids is 4. The van der Waals surface area contributed by atoms with Crippen LogP contribution in [0.4, 0.5) is 0 Å². The van der Waals surface area contributed by atoms with Gasteiger partial charge in [-0.1, -0.05) is 0 Å². The Labute approximate surface area is 346 Å². The van der Waals surface area contributed by atoms with Gasteiger partial charge in [-0.2, -0.15) is 20.3 Å². The fourth-order valence-electron chi connectivity index (χ4n) is 10.2. The van der Waals surface area contributed by atoms with Crippen LogP contribution in [0.2, 0.25) is 0 Å². The van der Waals surface area contributed by atoms with Gasteiger partial charge in [0.2, 0.25) is 0 Å². The molecule has 0 aromatic heterocycles. The number of piperidine rings is 4. The van der Waals surface area contributed by atoms with Crippen LogP contribution < -0.4 is 0 Å². The minimum absolute atomic E-state index is 0.376. The third-order valence-electron chi connectivity index (χ3n) is 12.2. The molecule has 4 N–H and O–H groups in total. The van der Waals surface area contributed by atoms with E-state index in [0.29, 0.717) is 51.4 Å². The first kappa shape index (κ1) is 49.9. The van der Waals surface area contributed by atoms with Gasteiger partial charge in [0.05, 0.1) is 0 Å². The summed E-state index contributed by atoms with van der Waals surface area (Å²) in [6.45, 7) is 30.2. The number of carbonyl (C=O) groups is 4. The summed E-state index contributed by atoms with van der Waals surface area (Å²) in [4.78, 5) is 49.3. The molecular formula is C42H76N4O12. The van der Waals surface area contributed by atoms with Crippen LogP contribution in [0, 0.1) is 0 Å². The average molecular weight is 829 g/mol. The van der Waals surface area contributed by atoms with Crippen LogP contribution >= 0.6 is 0 Å². The Morgan fingerprint density at radius 2 is 0.466 bits per heavy atom. The van der Waals surface area contributed by atoms with Crippen molar-refractivity contribution >= 4 is 23.9 Å². The van der Waals surface area contributed by atoms with Crippen molar-refractivity contribution in [2.45, 2.75) is 244 Å². The van der Waals surface area contributed by atoms with Crippen LogP contribution in [0.3, 0.4) is 0 Å². The van der Waals surface area contributed by atoms with Gasteiger partial charge in [0.1, 0.15) is 37.3 Å². The summed E-state index contributed by atoms with van der Waals surface area (Å²) in [5.41, 5.74) is -4.31. The van der Waals surface area contributed by atoms with Crippen molar-refractivity contribution in [2.24, 2.45) is 0 Å². The van der Waals surface area contributed by atoms with E-state index >= 15 is 0 Å². The van der Waals surface area contributed by atoms with E-state index in [1.54, 1.807) is 0 Å². The lowest BCUT2D eigenvalue weighted by molar-refractivity contribution is -0.261. The quantitative estimate of drug-likeness (QED) is 0.116. The molecular weight excluding hydrogens is 752 g/mol. The highest BCUT2D eigenvalue weighted by Gasteiger charge is 2.50. The molecule has 0 bridgehead atoms. The highest BCUT2D eigenvalue weighted by atomic mass is 16.6. The Balaban J connectivity index is 0.000000310. The zero-order valence-electron chi connectivity index (χ0n) is 38.2. The second-order valence-electron chi connectivity index (χ2n) is 22.2. The maximum Gasteiger partial charge on any atom is 0.317 e. The van der Waals surface area contributed by atoms with Crippen LogP contribution in [-0.2, 0) is 38.1 Å². The molecule has 0 saturated carbocycles. The van der Waals surface area contributed by atoms with Crippen molar-refractivity contribution < 1.29 is 59.0 Å². The third-order valence-corrected chi connectivity index (χ3v) is 12.2. The van der Waals surface area contributed by atoms with Crippen LogP contribution in [0.5, 0.6) is 0 Å². The maximum absolute atomic E-state index is 12.3. The van der Waals surface area contributed by atoms with E-state index in [9.17, 15) is 40.0 Å². The molecule has 0 atom stereocenters. The lowest BCUT2D eigenvalue weighted by atomic mass is 9.80. The van der Waals surface area contributed by atoms with E-state index in [4.69, 9.17) is 18.9 Å². The largest absolute Gasteiger partial charge is 0.462 e. The minimum Gasteiger partial charge on any atom is -0.462 e. The molecule has 0 spiro atoms. The van der Waals surface area contributed by atoms with Gasteiger partial charge in [-0.05, 0) is 111 Å². The fourth-order valence-corrected chi connectivity index (χ4v) is 10.2. The molecule has 0 radical (unpaired) electrons. The first-order valence-electron chi connectivity index (χ1n) is 20.7. The van der Waals surface area contributed by atoms with Gasteiger partial charge >= 0.3 is 23.9 Å². The number of hydroxylamine groups is 8. The summed E-state index contributed by atoms with van der Waals surface area (Å²) in [7, 11) is 0. The SMILES string of the molecule is CC1(C)CC(OC(=O)CC(=O)OC2CC(C)(C)N(O)C(C)(C)C2)CC(C)(C)N1O.CC1(C)CC(OC(=O)CC(=O)OC2CC(C)(C)N(O)C(C)(C)C2)CC(C)(C)N1O. The summed E-state index contributed by atoms with van der Waals surface area (Å²) in [5.74, 6) is -2.46. The molecule has 0 unspecified atom stereocenters. The lowest BCUT2D eigenvalue weighted by Gasteiger charge is -2.51. The van der Waals surface area contributed by atoms with Crippen molar-refractivity contribution in [3.8, 4) is 0 Å². The number of esters is 4. The van der Waals surface area contributed by atoms with E-state index < -0.39 is 81.0 Å². The molecule has 4 aliphatic rings. The fraction of sp³-hybridized carbons (Fsp3) is 0.905. The second kappa shape index (κ2) is 17.1. The summed E-state index contributed by atoms with van der Waals surface area (Å²) in [6.07, 6.45) is 1.43. The van der Waals surface area contributed by atoms with E-state index in [2.05, 4.69) is 0 Å². The Kier molecular flexibility index (Phi) is 14.8. The van der Waals surface area contributed by atoms with Crippen LogP contribution in [0.25, 0.3) is 0 Å². The van der Waals surface area contributed by atoms with Gasteiger partial charge in [-0.3, -0.25) is 19.2 Å². The summed E-state index contributed by atoms with van der Waals surface area (Å²) in [5, 5.41) is 46.6. The molecule has 0 aromatic rings. The minimum atomic E-state index is -0.615. The molecule has 58 heavy (non-hydrogen) atoms. The van der Waals surface area contributed by atoms with Gasteiger partial charge in [0.15, 0.2) is 0 Å². The predicted octanol–water partition coefficient (Wildman–Crippen LogP) is 6.57. The number of hydrogen-bond donors (Lipinski definition) is 4. The van der Waals surface area contributed by atoms with Crippen molar-refractivity contribution in [2.75, 3.05) is 0 Å². The molecule has 16 heteroatoms. The van der Waals surface area contributed by atoms with Crippen molar-refractivity contribution in [3.05, 3.63) is 0 Å². The van der Waals surface area contributed by atoms with Gasteiger partial charge in [0.25, 0.3) is 0 Å². The van der Waals surface area contributed by atoms with E-state index in [1.165, 1.54) is 20.3 Å². The van der Waals surface area contributed by atoms with Gasteiger partial charge < -0.3 is 39.8 Å².